The maximum Gasteiger partial charge on any atom is 0.471 e. The van der Waals surface area contributed by atoms with Crippen molar-refractivity contribution < 1.29 is 27.9 Å². The van der Waals surface area contributed by atoms with Gasteiger partial charge in [-0.05, 0) is 24.7 Å². The summed E-state index contributed by atoms with van der Waals surface area (Å²) in [6, 6.07) is 0. The van der Waals surface area contributed by atoms with Gasteiger partial charge in [0.1, 0.15) is 0 Å². The lowest BCUT2D eigenvalue weighted by Crippen LogP contribution is -2.40. The topological polar surface area (TPSA) is 66.4 Å². The summed E-state index contributed by atoms with van der Waals surface area (Å²) in [6.07, 6.45) is -3.47. The minimum Gasteiger partial charge on any atom is -0.481 e. The standard InChI is InChI=1S/C9H12F3NO3/c10-9(11,12)8(16)13-4-6(3-7(14)15)5-1-2-5/h5-6H,1-4H2,(H,13,16)(H,14,15). The van der Waals surface area contributed by atoms with Crippen molar-refractivity contribution in [2.24, 2.45) is 11.8 Å². The van der Waals surface area contributed by atoms with Crippen LogP contribution in [-0.2, 0) is 9.59 Å². The van der Waals surface area contributed by atoms with E-state index in [4.69, 9.17) is 5.11 Å². The summed E-state index contributed by atoms with van der Waals surface area (Å²) in [7, 11) is 0. The molecule has 0 bridgehead atoms. The fourth-order valence-electron chi connectivity index (χ4n) is 1.52. The Morgan fingerprint density at radius 2 is 1.94 bits per heavy atom. The van der Waals surface area contributed by atoms with E-state index >= 15 is 0 Å². The molecule has 0 heterocycles. The maximum atomic E-state index is 11.9. The average molecular weight is 239 g/mol. The Hall–Kier alpha value is -1.27. The van der Waals surface area contributed by atoms with Gasteiger partial charge < -0.3 is 10.4 Å². The molecule has 1 aliphatic carbocycles. The van der Waals surface area contributed by atoms with Gasteiger partial charge >= 0.3 is 18.1 Å². The number of carbonyl (C=O) groups excluding carboxylic acids is 1. The van der Waals surface area contributed by atoms with Crippen molar-refractivity contribution in [2.45, 2.75) is 25.4 Å². The van der Waals surface area contributed by atoms with Crippen LogP contribution in [0.25, 0.3) is 0 Å². The molecule has 1 fully saturated rings. The van der Waals surface area contributed by atoms with Crippen LogP contribution >= 0.6 is 0 Å². The van der Waals surface area contributed by atoms with E-state index in [0.29, 0.717) is 0 Å². The predicted octanol–water partition coefficient (Wildman–Crippen LogP) is 1.17. The quantitative estimate of drug-likeness (QED) is 0.756. The number of amides is 1. The molecule has 0 aromatic rings. The van der Waals surface area contributed by atoms with E-state index in [2.05, 4.69) is 0 Å². The molecule has 1 aliphatic rings. The normalized spacial score (nSPS) is 17.9. The maximum absolute atomic E-state index is 11.9. The second-order valence-corrected chi connectivity index (χ2v) is 3.90. The van der Waals surface area contributed by atoms with Crippen molar-refractivity contribution in [1.29, 1.82) is 0 Å². The fraction of sp³-hybridized carbons (Fsp3) is 0.778. The van der Waals surface area contributed by atoms with Crippen molar-refractivity contribution in [1.82, 2.24) is 5.32 Å². The molecule has 1 saturated carbocycles. The lowest BCUT2D eigenvalue weighted by atomic mass is 10.00. The highest BCUT2D eigenvalue weighted by molar-refractivity contribution is 5.81. The molecule has 0 aromatic carbocycles. The number of alkyl halides is 3. The molecular formula is C9H12F3NO3. The Morgan fingerprint density at radius 3 is 2.31 bits per heavy atom. The van der Waals surface area contributed by atoms with Gasteiger partial charge in [0.15, 0.2) is 0 Å². The number of carbonyl (C=O) groups is 2. The summed E-state index contributed by atoms with van der Waals surface area (Å²) < 4.78 is 35.6. The summed E-state index contributed by atoms with van der Waals surface area (Å²) in [6.45, 7) is -0.227. The zero-order chi connectivity index (χ0) is 12.3. The molecule has 92 valence electrons. The number of carboxylic acids is 1. The van der Waals surface area contributed by atoms with Crippen LogP contribution in [0.2, 0.25) is 0 Å². The number of hydrogen-bond acceptors (Lipinski definition) is 2. The predicted molar refractivity (Wildman–Crippen MR) is 47.5 cm³/mol. The molecule has 1 amide bonds. The van der Waals surface area contributed by atoms with E-state index in [-0.39, 0.29) is 18.9 Å². The highest BCUT2D eigenvalue weighted by atomic mass is 19.4. The van der Waals surface area contributed by atoms with Gasteiger partial charge in [0, 0.05) is 6.54 Å². The van der Waals surface area contributed by atoms with Crippen molar-refractivity contribution in [3.8, 4) is 0 Å². The third kappa shape index (κ3) is 4.08. The number of hydrogen-bond donors (Lipinski definition) is 2. The van der Waals surface area contributed by atoms with Gasteiger partial charge in [-0.15, -0.1) is 0 Å². The van der Waals surface area contributed by atoms with E-state index in [1.807, 2.05) is 0 Å². The molecule has 16 heavy (non-hydrogen) atoms. The summed E-state index contributed by atoms with van der Waals surface area (Å²) in [5.74, 6) is -3.34. The van der Waals surface area contributed by atoms with E-state index in [1.54, 1.807) is 5.32 Å². The zero-order valence-electron chi connectivity index (χ0n) is 8.38. The number of nitrogens with one attached hydrogen (secondary N) is 1. The first-order valence-corrected chi connectivity index (χ1v) is 4.87. The largest absolute Gasteiger partial charge is 0.481 e. The highest BCUT2D eigenvalue weighted by Crippen LogP contribution is 2.38. The summed E-state index contributed by atoms with van der Waals surface area (Å²) in [5.41, 5.74) is 0. The van der Waals surface area contributed by atoms with E-state index < -0.39 is 24.0 Å². The van der Waals surface area contributed by atoms with Gasteiger partial charge in [0.05, 0.1) is 6.42 Å². The molecule has 1 unspecified atom stereocenters. The third-order valence-electron chi connectivity index (χ3n) is 2.51. The fourth-order valence-corrected chi connectivity index (χ4v) is 1.52. The molecule has 0 aromatic heterocycles. The second kappa shape index (κ2) is 4.71. The van der Waals surface area contributed by atoms with E-state index in [1.165, 1.54) is 0 Å². The smallest absolute Gasteiger partial charge is 0.471 e. The molecule has 0 radical (unpaired) electrons. The van der Waals surface area contributed by atoms with E-state index in [9.17, 15) is 22.8 Å². The van der Waals surface area contributed by atoms with Crippen molar-refractivity contribution in [2.75, 3.05) is 6.54 Å². The van der Waals surface area contributed by atoms with Gasteiger partial charge in [0.25, 0.3) is 0 Å². The second-order valence-electron chi connectivity index (χ2n) is 3.90. The molecule has 2 N–H and O–H groups in total. The first-order chi connectivity index (χ1) is 7.30. The number of rotatable bonds is 5. The summed E-state index contributed by atoms with van der Waals surface area (Å²) in [5, 5.41) is 10.3. The molecule has 0 aliphatic heterocycles. The van der Waals surface area contributed by atoms with Gasteiger partial charge in [-0.2, -0.15) is 13.2 Å². The van der Waals surface area contributed by atoms with Crippen LogP contribution < -0.4 is 5.32 Å². The van der Waals surface area contributed by atoms with Crippen LogP contribution in [0.3, 0.4) is 0 Å². The Bertz CT molecular complexity index is 286. The van der Waals surface area contributed by atoms with Crippen LogP contribution in [0.1, 0.15) is 19.3 Å². The first kappa shape index (κ1) is 12.8. The molecule has 1 rings (SSSR count). The Balaban J connectivity index is 2.38. The third-order valence-corrected chi connectivity index (χ3v) is 2.51. The lowest BCUT2D eigenvalue weighted by Gasteiger charge is -2.15. The van der Waals surface area contributed by atoms with Crippen molar-refractivity contribution in [3.63, 3.8) is 0 Å². The SMILES string of the molecule is O=C(O)CC(CNC(=O)C(F)(F)F)C1CC1. The van der Waals surface area contributed by atoms with Gasteiger partial charge in [-0.3, -0.25) is 9.59 Å². The van der Waals surface area contributed by atoms with Crippen LogP contribution in [0.5, 0.6) is 0 Å². The molecule has 0 saturated heterocycles. The van der Waals surface area contributed by atoms with Crippen molar-refractivity contribution in [3.05, 3.63) is 0 Å². The van der Waals surface area contributed by atoms with Crippen molar-refractivity contribution >= 4 is 11.9 Å². The lowest BCUT2D eigenvalue weighted by molar-refractivity contribution is -0.173. The Labute approximate surface area is 89.8 Å². The van der Waals surface area contributed by atoms with Gasteiger partial charge in [-0.1, -0.05) is 0 Å². The Kier molecular flexibility index (Phi) is 3.77. The van der Waals surface area contributed by atoms with Gasteiger partial charge in [0.2, 0.25) is 0 Å². The molecule has 0 spiro atoms. The molecule has 7 heteroatoms. The molecule has 4 nitrogen and oxygen atoms in total. The zero-order valence-corrected chi connectivity index (χ0v) is 8.38. The van der Waals surface area contributed by atoms with Crippen LogP contribution in [0.15, 0.2) is 0 Å². The first-order valence-electron chi connectivity index (χ1n) is 4.87. The minimum absolute atomic E-state index is 0.129. The van der Waals surface area contributed by atoms with Crippen LogP contribution in [0, 0.1) is 11.8 Å². The van der Waals surface area contributed by atoms with Crippen LogP contribution in [0.4, 0.5) is 13.2 Å². The number of halogens is 3. The average Bonchev–Trinajstić information content (AvgIpc) is 2.92. The highest BCUT2D eigenvalue weighted by Gasteiger charge is 2.40. The monoisotopic (exact) mass is 239 g/mol. The molecular weight excluding hydrogens is 227 g/mol. The summed E-state index contributed by atoms with van der Waals surface area (Å²) in [4.78, 5) is 21.0. The van der Waals surface area contributed by atoms with Crippen LogP contribution in [-0.4, -0.2) is 29.7 Å². The van der Waals surface area contributed by atoms with Gasteiger partial charge in [-0.25, -0.2) is 0 Å². The number of carboxylic acid groups (broad SMARTS) is 1. The van der Waals surface area contributed by atoms with E-state index in [0.717, 1.165) is 12.8 Å². The number of aliphatic carboxylic acids is 1. The Morgan fingerprint density at radius 1 is 1.38 bits per heavy atom. The summed E-state index contributed by atoms with van der Waals surface area (Å²) >= 11 is 0. The molecule has 1 atom stereocenters. The minimum atomic E-state index is -4.91.